The van der Waals surface area contributed by atoms with Gasteiger partial charge in [0.1, 0.15) is 0 Å². The molecule has 0 aromatic heterocycles. The summed E-state index contributed by atoms with van der Waals surface area (Å²) in [7, 11) is 1.99. The zero-order valence-electron chi connectivity index (χ0n) is 11.0. The van der Waals surface area contributed by atoms with E-state index < -0.39 is 0 Å². The largest absolute Gasteiger partial charge is 0.377 e. The van der Waals surface area contributed by atoms with E-state index in [0.29, 0.717) is 0 Å². The Kier molecular flexibility index (Phi) is 4.97. The third kappa shape index (κ3) is 3.06. The molecule has 2 unspecified atom stereocenters. The number of likely N-dealkylation sites (N-methyl/N-ethyl adjacent to an activating group) is 1. The average Bonchev–Trinajstić information content (AvgIpc) is 2.22. The van der Waals surface area contributed by atoms with Gasteiger partial charge in [0.2, 0.25) is 0 Å². The van der Waals surface area contributed by atoms with Crippen LogP contribution >= 0.6 is 0 Å². The topological polar surface area (TPSA) is 21.3 Å². The van der Waals surface area contributed by atoms with E-state index in [1.54, 1.807) is 0 Å². The molecule has 0 fully saturated rings. The Morgan fingerprint density at radius 2 is 2.00 bits per heavy atom. The Morgan fingerprint density at radius 1 is 1.31 bits per heavy atom. The summed E-state index contributed by atoms with van der Waals surface area (Å²) in [5.41, 5.74) is 3.96. The molecule has 0 aliphatic rings. The first-order valence-corrected chi connectivity index (χ1v) is 5.96. The molecule has 2 atom stereocenters. The van der Waals surface area contributed by atoms with Gasteiger partial charge in [-0.2, -0.15) is 0 Å². The summed E-state index contributed by atoms with van der Waals surface area (Å²) in [6.45, 7) is 9.18. The Bertz CT molecular complexity index is 336. The van der Waals surface area contributed by atoms with E-state index in [1.165, 1.54) is 16.7 Å². The molecule has 1 N–H and O–H groups in total. The van der Waals surface area contributed by atoms with Crippen molar-refractivity contribution in [2.75, 3.05) is 13.7 Å². The van der Waals surface area contributed by atoms with Crippen LogP contribution in [0.1, 0.15) is 36.6 Å². The van der Waals surface area contributed by atoms with Crippen molar-refractivity contribution in [2.45, 2.75) is 39.8 Å². The SMILES string of the molecule is CCOC(C)C(NC)c1ccc(C)cc1C. The third-order valence-corrected chi connectivity index (χ3v) is 2.97. The van der Waals surface area contributed by atoms with E-state index in [1.807, 2.05) is 14.0 Å². The van der Waals surface area contributed by atoms with Crippen molar-refractivity contribution in [1.82, 2.24) is 5.32 Å². The smallest absolute Gasteiger partial charge is 0.0741 e. The summed E-state index contributed by atoms with van der Waals surface area (Å²) in [5, 5.41) is 3.34. The normalized spacial score (nSPS) is 14.8. The second-order valence-corrected chi connectivity index (χ2v) is 4.29. The van der Waals surface area contributed by atoms with Gasteiger partial charge in [0.05, 0.1) is 12.1 Å². The number of ether oxygens (including phenoxy) is 1. The lowest BCUT2D eigenvalue weighted by Gasteiger charge is -2.25. The quantitative estimate of drug-likeness (QED) is 0.825. The second kappa shape index (κ2) is 6.02. The minimum Gasteiger partial charge on any atom is -0.377 e. The van der Waals surface area contributed by atoms with Crippen LogP contribution in [0.5, 0.6) is 0 Å². The number of hydrogen-bond donors (Lipinski definition) is 1. The molecule has 0 spiro atoms. The van der Waals surface area contributed by atoms with Crippen LogP contribution in [0.25, 0.3) is 0 Å². The Labute approximate surface area is 99.0 Å². The Balaban J connectivity index is 2.94. The summed E-state index contributed by atoms with van der Waals surface area (Å²) in [5.74, 6) is 0. The summed E-state index contributed by atoms with van der Waals surface area (Å²) in [6.07, 6.45) is 0.191. The third-order valence-electron chi connectivity index (χ3n) is 2.97. The Hall–Kier alpha value is -0.860. The van der Waals surface area contributed by atoms with Crippen LogP contribution in [0.15, 0.2) is 18.2 Å². The molecule has 0 radical (unpaired) electrons. The number of hydrogen-bond acceptors (Lipinski definition) is 2. The zero-order chi connectivity index (χ0) is 12.1. The highest BCUT2D eigenvalue weighted by Crippen LogP contribution is 2.23. The molecule has 0 bridgehead atoms. The predicted octanol–water partition coefficient (Wildman–Crippen LogP) is 2.99. The van der Waals surface area contributed by atoms with Crippen LogP contribution in [0.4, 0.5) is 0 Å². The highest BCUT2D eigenvalue weighted by molar-refractivity contribution is 5.33. The number of benzene rings is 1. The monoisotopic (exact) mass is 221 g/mol. The van der Waals surface area contributed by atoms with Gasteiger partial charge in [0.25, 0.3) is 0 Å². The summed E-state index contributed by atoms with van der Waals surface area (Å²) in [6, 6.07) is 6.84. The molecular weight excluding hydrogens is 198 g/mol. The average molecular weight is 221 g/mol. The van der Waals surface area contributed by atoms with Crippen molar-refractivity contribution < 1.29 is 4.74 Å². The highest BCUT2D eigenvalue weighted by Gasteiger charge is 2.19. The fraction of sp³-hybridized carbons (Fsp3) is 0.571. The summed E-state index contributed by atoms with van der Waals surface area (Å²) in [4.78, 5) is 0. The molecule has 0 aliphatic carbocycles. The van der Waals surface area contributed by atoms with Crippen molar-refractivity contribution in [3.05, 3.63) is 34.9 Å². The number of nitrogens with one attached hydrogen (secondary N) is 1. The van der Waals surface area contributed by atoms with E-state index in [4.69, 9.17) is 4.74 Å². The van der Waals surface area contributed by atoms with Gasteiger partial charge >= 0.3 is 0 Å². The van der Waals surface area contributed by atoms with Crippen LogP contribution in [0.3, 0.4) is 0 Å². The van der Waals surface area contributed by atoms with E-state index in [2.05, 4.69) is 44.3 Å². The van der Waals surface area contributed by atoms with Gasteiger partial charge in [0.15, 0.2) is 0 Å². The van der Waals surface area contributed by atoms with Crippen molar-refractivity contribution in [3.63, 3.8) is 0 Å². The minimum atomic E-state index is 0.191. The van der Waals surface area contributed by atoms with E-state index >= 15 is 0 Å². The first-order valence-electron chi connectivity index (χ1n) is 5.96. The molecule has 0 saturated heterocycles. The van der Waals surface area contributed by atoms with Gasteiger partial charge in [-0.05, 0) is 45.9 Å². The van der Waals surface area contributed by atoms with E-state index in [0.717, 1.165) is 6.61 Å². The lowest BCUT2D eigenvalue weighted by atomic mass is 9.96. The number of rotatable bonds is 5. The van der Waals surface area contributed by atoms with Crippen LogP contribution in [-0.2, 0) is 4.74 Å². The second-order valence-electron chi connectivity index (χ2n) is 4.29. The van der Waals surface area contributed by atoms with Crippen LogP contribution < -0.4 is 5.32 Å². The fourth-order valence-corrected chi connectivity index (χ4v) is 2.18. The first kappa shape index (κ1) is 13.2. The van der Waals surface area contributed by atoms with Crippen molar-refractivity contribution in [2.24, 2.45) is 0 Å². The van der Waals surface area contributed by atoms with Gasteiger partial charge in [-0.1, -0.05) is 23.8 Å². The number of aryl methyl sites for hydroxylation is 2. The maximum absolute atomic E-state index is 5.67. The summed E-state index contributed by atoms with van der Waals surface area (Å²) < 4.78 is 5.67. The molecule has 0 heterocycles. The molecule has 90 valence electrons. The van der Waals surface area contributed by atoms with Gasteiger partial charge in [0, 0.05) is 6.61 Å². The van der Waals surface area contributed by atoms with Gasteiger partial charge in [-0.15, -0.1) is 0 Å². The molecule has 16 heavy (non-hydrogen) atoms. The first-order chi connectivity index (χ1) is 7.60. The van der Waals surface area contributed by atoms with Gasteiger partial charge in [-0.3, -0.25) is 0 Å². The fourth-order valence-electron chi connectivity index (χ4n) is 2.18. The standard InChI is InChI=1S/C14H23NO/c1-6-16-12(4)14(15-5)13-8-7-10(2)9-11(13)3/h7-9,12,14-15H,6H2,1-5H3. The molecule has 2 heteroatoms. The Morgan fingerprint density at radius 3 is 2.50 bits per heavy atom. The van der Waals surface area contributed by atoms with E-state index in [-0.39, 0.29) is 12.1 Å². The van der Waals surface area contributed by atoms with Gasteiger partial charge < -0.3 is 10.1 Å². The molecule has 0 saturated carbocycles. The van der Waals surface area contributed by atoms with Crippen molar-refractivity contribution in [1.29, 1.82) is 0 Å². The van der Waals surface area contributed by atoms with Crippen molar-refractivity contribution >= 4 is 0 Å². The highest BCUT2D eigenvalue weighted by atomic mass is 16.5. The molecule has 1 aromatic carbocycles. The minimum absolute atomic E-state index is 0.191. The molecule has 0 amide bonds. The lowest BCUT2D eigenvalue weighted by molar-refractivity contribution is 0.0491. The molecule has 1 rings (SSSR count). The van der Waals surface area contributed by atoms with Crippen molar-refractivity contribution in [3.8, 4) is 0 Å². The van der Waals surface area contributed by atoms with Gasteiger partial charge in [-0.25, -0.2) is 0 Å². The maximum atomic E-state index is 5.67. The van der Waals surface area contributed by atoms with Crippen LogP contribution in [0.2, 0.25) is 0 Å². The zero-order valence-corrected chi connectivity index (χ0v) is 11.0. The van der Waals surface area contributed by atoms with Crippen LogP contribution in [-0.4, -0.2) is 19.8 Å². The molecule has 2 nitrogen and oxygen atoms in total. The maximum Gasteiger partial charge on any atom is 0.0741 e. The lowest BCUT2D eigenvalue weighted by Crippen LogP contribution is -2.30. The molecule has 1 aromatic rings. The predicted molar refractivity (Wildman–Crippen MR) is 68.8 cm³/mol. The molecular formula is C14H23NO. The summed E-state index contributed by atoms with van der Waals surface area (Å²) >= 11 is 0. The van der Waals surface area contributed by atoms with Crippen LogP contribution in [0, 0.1) is 13.8 Å². The van der Waals surface area contributed by atoms with E-state index in [9.17, 15) is 0 Å². The molecule has 0 aliphatic heterocycles.